The fraction of sp³-hybridized carbons (Fsp3) is 0.143. The first-order chi connectivity index (χ1) is 13.8. The third kappa shape index (κ3) is 8.08. The van der Waals surface area contributed by atoms with Gasteiger partial charge >= 0.3 is 0 Å². The van der Waals surface area contributed by atoms with E-state index in [1.165, 1.54) is 60.7 Å². The van der Waals surface area contributed by atoms with E-state index in [0.29, 0.717) is 30.6 Å². The largest absolute Gasteiger partial charge is 0.508 e. The minimum atomic E-state index is -0.345. The molecule has 0 aliphatic carbocycles. The lowest BCUT2D eigenvalue weighted by atomic mass is 10.2. The molecule has 2 rings (SSSR count). The summed E-state index contributed by atoms with van der Waals surface area (Å²) in [5.41, 5.74) is 0.966. The molecule has 2 amide bonds. The molecule has 6 N–H and O–H groups in total. The van der Waals surface area contributed by atoms with Crippen molar-refractivity contribution < 1.29 is 30.0 Å². The van der Waals surface area contributed by atoms with Crippen LogP contribution in [-0.2, 0) is 9.59 Å². The first kappa shape index (κ1) is 21.4. The van der Waals surface area contributed by atoms with E-state index in [4.69, 9.17) is 0 Å². The predicted molar refractivity (Wildman–Crippen MR) is 108 cm³/mol. The van der Waals surface area contributed by atoms with E-state index in [2.05, 4.69) is 10.6 Å². The third-order valence-corrected chi connectivity index (χ3v) is 3.66. The van der Waals surface area contributed by atoms with Crippen molar-refractivity contribution in [1.82, 2.24) is 10.6 Å². The Morgan fingerprint density at radius 3 is 1.34 bits per heavy atom. The van der Waals surface area contributed by atoms with Gasteiger partial charge in [-0.15, -0.1) is 0 Å². The highest BCUT2D eigenvalue weighted by Gasteiger charge is 2.00. The van der Waals surface area contributed by atoms with Gasteiger partial charge in [-0.2, -0.15) is 0 Å². The zero-order valence-electron chi connectivity index (χ0n) is 15.5. The fourth-order valence-corrected chi connectivity index (χ4v) is 2.40. The third-order valence-electron chi connectivity index (χ3n) is 3.66. The summed E-state index contributed by atoms with van der Waals surface area (Å²) in [5, 5.41) is 42.8. The second-order valence-electron chi connectivity index (χ2n) is 6.17. The Morgan fingerprint density at radius 2 is 1.00 bits per heavy atom. The predicted octanol–water partition coefficient (Wildman–Crippen LogP) is 1.86. The Balaban J connectivity index is 1.67. The topological polar surface area (TPSA) is 139 Å². The highest BCUT2D eigenvalue weighted by Crippen LogP contribution is 2.21. The van der Waals surface area contributed by atoms with Crippen LogP contribution in [0.1, 0.15) is 17.5 Å². The number of hydrogen-bond donors (Lipinski definition) is 6. The van der Waals surface area contributed by atoms with Crippen LogP contribution < -0.4 is 10.6 Å². The normalized spacial score (nSPS) is 11.0. The summed E-state index contributed by atoms with van der Waals surface area (Å²) in [7, 11) is 0. The van der Waals surface area contributed by atoms with E-state index in [-0.39, 0.29) is 34.8 Å². The molecule has 0 fully saturated rings. The number of phenols is 4. The van der Waals surface area contributed by atoms with Crippen LogP contribution in [0, 0.1) is 0 Å². The smallest absolute Gasteiger partial charge is 0.244 e. The van der Waals surface area contributed by atoms with Gasteiger partial charge < -0.3 is 31.1 Å². The van der Waals surface area contributed by atoms with Gasteiger partial charge in [-0.3, -0.25) is 9.59 Å². The van der Waals surface area contributed by atoms with E-state index < -0.39 is 0 Å². The quantitative estimate of drug-likeness (QED) is 0.296. The Labute approximate surface area is 167 Å². The highest BCUT2D eigenvalue weighted by atomic mass is 16.3. The molecule has 8 heteroatoms. The molecule has 0 saturated heterocycles. The van der Waals surface area contributed by atoms with Gasteiger partial charge in [0.15, 0.2) is 0 Å². The number of aromatic hydroxyl groups is 4. The highest BCUT2D eigenvalue weighted by molar-refractivity contribution is 5.92. The van der Waals surface area contributed by atoms with Crippen molar-refractivity contribution in [3.8, 4) is 23.0 Å². The van der Waals surface area contributed by atoms with Crippen molar-refractivity contribution in [3.05, 3.63) is 59.7 Å². The number of amides is 2. The molecule has 0 unspecified atom stereocenters. The van der Waals surface area contributed by atoms with Crippen LogP contribution in [0.15, 0.2) is 48.6 Å². The molecule has 0 atom stereocenters. The monoisotopic (exact) mass is 398 g/mol. The molecule has 0 spiro atoms. The van der Waals surface area contributed by atoms with Crippen LogP contribution in [0.5, 0.6) is 23.0 Å². The standard InChI is InChI=1S/C21H22N2O6/c24-16-8-14(9-17(25)12-16)2-4-20(28)22-6-1-7-23-21(29)5-3-15-10-18(26)13-19(27)11-15/h2-5,8-13,24-27H,1,6-7H2,(H,22,28)(H,23,29)/b4-2+,5-3+. The lowest BCUT2D eigenvalue weighted by molar-refractivity contribution is -0.116. The van der Waals surface area contributed by atoms with Crippen molar-refractivity contribution in [2.24, 2.45) is 0 Å². The van der Waals surface area contributed by atoms with Crippen LogP contribution in [0.2, 0.25) is 0 Å². The van der Waals surface area contributed by atoms with Crippen LogP contribution in [0.4, 0.5) is 0 Å². The Morgan fingerprint density at radius 1 is 0.655 bits per heavy atom. The maximum absolute atomic E-state index is 11.7. The number of nitrogens with one attached hydrogen (secondary N) is 2. The number of rotatable bonds is 8. The first-order valence-electron chi connectivity index (χ1n) is 8.80. The minimum Gasteiger partial charge on any atom is -0.508 e. The Bertz CT molecular complexity index is 821. The number of carbonyl (C=O) groups is 2. The van der Waals surface area contributed by atoms with E-state index in [1.54, 1.807) is 0 Å². The lowest BCUT2D eigenvalue weighted by Crippen LogP contribution is -2.28. The van der Waals surface area contributed by atoms with Gasteiger partial charge in [0.1, 0.15) is 23.0 Å². The minimum absolute atomic E-state index is 0.101. The number of carbonyl (C=O) groups excluding carboxylic acids is 2. The first-order valence-corrected chi connectivity index (χ1v) is 8.80. The average Bonchev–Trinajstić information content (AvgIpc) is 2.63. The molecule has 0 saturated carbocycles. The molecule has 0 aliphatic rings. The second kappa shape index (κ2) is 10.4. The summed E-state index contributed by atoms with van der Waals surface area (Å²) < 4.78 is 0. The summed E-state index contributed by atoms with van der Waals surface area (Å²) in [5.74, 6) is -1.09. The van der Waals surface area contributed by atoms with Crippen LogP contribution >= 0.6 is 0 Å². The molecule has 8 nitrogen and oxygen atoms in total. The molecule has 0 bridgehead atoms. The van der Waals surface area contributed by atoms with Crippen LogP contribution in [-0.4, -0.2) is 45.3 Å². The van der Waals surface area contributed by atoms with Gasteiger partial charge in [-0.05, 0) is 54.0 Å². The van der Waals surface area contributed by atoms with E-state index in [9.17, 15) is 30.0 Å². The average molecular weight is 398 g/mol. The van der Waals surface area contributed by atoms with Crippen LogP contribution in [0.3, 0.4) is 0 Å². The van der Waals surface area contributed by atoms with E-state index in [1.807, 2.05) is 0 Å². The lowest BCUT2D eigenvalue weighted by Gasteiger charge is -2.04. The molecule has 152 valence electrons. The van der Waals surface area contributed by atoms with Crippen molar-refractivity contribution in [1.29, 1.82) is 0 Å². The van der Waals surface area contributed by atoms with Crippen molar-refractivity contribution in [2.45, 2.75) is 6.42 Å². The van der Waals surface area contributed by atoms with E-state index in [0.717, 1.165) is 0 Å². The summed E-state index contributed by atoms with van der Waals surface area (Å²) in [6.07, 6.45) is 5.99. The molecule has 29 heavy (non-hydrogen) atoms. The summed E-state index contributed by atoms with van der Waals surface area (Å²) in [6, 6.07) is 8.01. The summed E-state index contributed by atoms with van der Waals surface area (Å²) in [6.45, 7) is 0.692. The maximum Gasteiger partial charge on any atom is 0.244 e. The van der Waals surface area contributed by atoms with E-state index >= 15 is 0 Å². The van der Waals surface area contributed by atoms with Gasteiger partial charge in [-0.25, -0.2) is 0 Å². The number of benzene rings is 2. The fourth-order valence-electron chi connectivity index (χ4n) is 2.40. The maximum atomic E-state index is 11.7. The SMILES string of the molecule is O=C(/C=C/c1cc(O)cc(O)c1)NCCCNC(=O)/C=C/c1cc(O)cc(O)c1. The zero-order chi connectivity index (χ0) is 21.2. The Hall–Kier alpha value is -3.94. The second-order valence-corrected chi connectivity index (χ2v) is 6.17. The van der Waals surface area contributed by atoms with Crippen molar-refractivity contribution >= 4 is 24.0 Å². The molecule has 2 aromatic carbocycles. The number of phenolic OH excluding ortho intramolecular Hbond substituents is 4. The number of hydrogen-bond acceptors (Lipinski definition) is 6. The zero-order valence-corrected chi connectivity index (χ0v) is 15.5. The van der Waals surface area contributed by atoms with Gasteiger partial charge in [-0.1, -0.05) is 0 Å². The molecule has 0 aliphatic heterocycles. The molecule has 0 aromatic heterocycles. The van der Waals surface area contributed by atoms with Gasteiger partial charge in [0, 0.05) is 37.4 Å². The molecular weight excluding hydrogens is 376 g/mol. The van der Waals surface area contributed by atoms with Gasteiger partial charge in [0.2, 0.25) is 11.8 Å². The van der Waals surface area contributed by atoms with Gasteiger partial charge in [0.25, 0.3) is 0 Å². The van der Waals surface area contributed by atoms with Crippen molar-refractivity contribution in [2.75, 3.05) is 13.1 Å². The summed E-state index contributed by atoms with van der Waals surface area (Å²) in [4.78, 5) is 23.5. The van der Waals surface area contributed by atoms with Crippen LogP contribution in [0.25, 0.3) is 12.2 Å². The molecule has 0 radical (unpaired) electrons. The van der Waals surface area contributed by atoms with Gasteiger partial charge in [0.05, 0.1) is 0 Å². The summed E-state index contributed by atoms with van der Waals surface area (Å²) >= 11 is 0. The molecular formula is C21H22N2O6. The van der Waals surface area contributed by atoms with Crippen molar-refractivity contribution in [3.63, 3.8) is 0 Å². The Kier molecular flexibility index (Phi) is 7.67. The molecule has 2 aromatic rings. The molecule has 0 heterocycles.